The van der Waals surface area contributed by atoms with Crippen molar-refractivity contribution in [1.29, 1.82) is 0 Å². The summed E-state index contributed by atoms with van der Waals surface area (Å²) in [5, 5.41) is 6.40. The van der Waals surface area contributed by atoms with E-state index in [1.165, 1.54) is 0 Å². The predicted octanol–water partition coefficient (Wildman–Crippen LogP) is 2.06. The van der Waals surface area contributed by atoms with E-state index in [9.17, 15) is 21.6 Å². The van der Waals surface area contributed by atoms with Crippen molar-refractivity contribution in [1.82, 2.24) is 19.8 Å². The number of nitrogens with zero attached hydrogens (tertiary/aromatic N) is 3. The van der Waals surface area contributed by atoms with Gasteiger partial charge in [0.15, 0.2) is 5.96 Å². The van der Waals surface area contributed by atoms with E-state index in [2.05, 4.69) is 34.4 Å². The molecule has 0 aliphatic carbocycles. The molecule has 0 aromatic carbocycles. The Morgan fingerprint density at radius 3 is 2.18 bits per heavy atom. The predicted molar refractivity (Wildman–Crippen MR) is 116 cm³/mol. The molecule has 12 heteroatoms. The normalized spacial score (nSPS) is 17.5. The van der Waals surface area contributed by atoms with Crippen LogP contribution >= 0.6 is 24.0 Å². The van der Waals surface area contributed by atoms with Crippen molar-refractivity contribution < 1.29 is 21.6 Å². The molecule has 0 spiro atoms. The highest BCUT2D eigenvalue weighted by molar-refractivity contribution is 14.0. The van der Waals surface area contributed by atoms with Crippen molar-refractivity contribution in [3.63, 3.8) is 0 Å². The molecule has 0 aromatic heterocycles. The van der Waals surface area contributed by atoms with Crippen molar-refractivity contribution in [2.75, 3.05) is 52.4 Å². The maximum absolute atomic E-state index is 12.6. The summed E-state index contributed by atoms with van der Waals surface area (Å²) in [6.45, 7) is 10.7. The monoisotopic (exact) mass is 543 g/mol. The number of likely N-dealkylation sites (N-methyl/N-ethyl adjacent to an activating group) is 1. The molecule has 0 atom stereocenters. The standard InChI is InChI=1S/C16H32F3N5O2S.HI/c1-4-20-15(21-9-12-23(5-2)6-3)22-13-14-7-10-24(11-8-14)27(25,26)16(17,18)19;/h14H,4-13H2,1-3H3,(H2,20,21,22);1H. The number of rotatable bonds is 9. The van der Waals surface area contributed by atoms with E-state index < -0.39 is 15.5 Å². The number of alkyl halides is 3. The van der Waals surface area contributed by atoms with Crippen molar-refractivity contribution >= 4 is 40.0 Å². The lowest BCUT2D eigenvalue weighted by molar-refractivity contribution is -0.0496. The van der Waals surface area contributed by atoms with Gasteiger partial charge >= 0.3 is 15.5 Å². The third-order valence-corrected chi connectivity index (χ3v) is 6.30. The topological polar surface area (TPSA) is 77.0 Å². The van der Waals surface area contributed by atoms with Gasteiger partial charge in [0.1, 0.15) is 0 Å². The molecule has 0 amide bonds. The molecular formula is C16H33F3IN5O2S. The smallest absolute Gasteiger partial charge is 0.357 e. The van der Waals surface area contributed by atoms with Gasteiger partial charge in [0.05, 0.1) is 0 Å². The molecule has 1 fully saturated rings. The van der Waals surface area contributed by atoms with E-state index in [4.69, 9.17) is 0 Å². The van der Waals surface area contributed by atoms with E-state index in [0.717, 1.165) is 26.2 Å². The number of hydrogen-bond acceptors (Lipinski definition) is 4. The summed E-state index contributed by atoms with van der Waals surface area (Å²) in [4.78, 5) is 6.79. The fourth-order valence-electron chi connectivity index (χ4n) is 2.91. The van der Waals surface area contributed by atoms with E-state index in [1.807, 2.05) is 6.92 Å². The van der Waals surface area contributed by atoms with Crippen LogP contribution in [0.15, 0.2) is 4.99 Å². The Kier molecular flexibility index (Phi) is 12.9. The lowest BCUT2D eigenvalue weighted by Crippen LogP contribution is -2.45. The first-order valence-corrected chi connectivity index (χ1v) is 10.9. The van der Waals surface area contributed by atoms with Gasteiger partial charge < -0.3 is 15.5 Å². The van der Waals surface area contributed by atoms with Gasteiger partial charge in [-0.25, -0.2) is 8.42 Å². The van der Waals surface area contributed by atoms with Crippen molar-refractivity contribution in [3.05, 3.63) is 0 Å². The third kappa shape index (κ3) is 8.57. The van der Waals surface area contributed by atoms with Gasteiger partial charge in [-0.2, -0.15) is 17.5 Å². The zero-order valence-electron chi connectivity index (χ0n) is 16.8. The Bertz CT molecular complexity index is 563. The average Bonchev–Trinajstić information content (AvgIpc) is 2.62. The molecule has 0 saturated carbocycles. The second-order valence-electron chi connectivity index (χ2n) is 6.47. The summed E-state index contributed by atoms with van der Waals surface area (Å²) in [7, 11) is -5.22. The Morgan fingerprint density at radius 1 is 1.14 bits per heavy atom. The van der Waals surface area contributed by atoms with Crippen molar-refractivity contribution in [2.45, 2.75) is 39.1 Å². The number of sulfonamides is 1. The molecule has 2 N–H and O–H groups in total. The van der Waals surface area contributed by atoms with Crippen LogP contribution < -0.4 is 10.6 Å². The quantitative estimate of drug-likeness (QED) is 0.265. The van der Waals surface area contributed by atoms with Crippen LogP contribution in [0.4, 0.5) is 13.2 Å². The van der Waals surface area contributed by atoms with Gasteiger partial charge in [-0.3, -0.25) is 4.99 Å². The number of piperidine rings is 1. The minimum absolute atomic E-state index is 0. The largest absolute Gasteiger partial charge is 0.511 e. The molecule has 1 saturated heterocycles. The summed E-state index contributed by atoms with van der Waals surface area (Å²) < 4.78 is 61.2. The van der Waals surface area contributed by atoms with Crippen molar-refractivity contribution in [2.24, 2.45) is 10.9 Å². The first-order chi connectivity index (χ1) is 12.7. The van der Waals surface area contributed by atoms with Gasteiger partial charge in [-0.05, 0) is 38.8 Å². The lowest BCUT2D eigenvalue weighted by Gasteiger charge is -2.31. The zero-order valence-corrected chi connectivity index (χ0v) is 19.9. The van der Waals surface area contributed by atoms with Crippen LogP contribution in [0.2, 0.25) is 0 Å². The number of hydrogen-bond donors (Lipinski definition) is 2. The van der Waals surface area contributed by atoms with Crippen LogP contribution in [-0.2, 0) is 10.0 Å². The molecule has 28 heavy (non-hydrogen) atoms. The fourth-order valence-corrected chi connectivity index (χ4v) is 3.90. The van der Waals surface area contributed by atoms with Crippen LogP contribution in [0.5, 0.6) is 0 Å². The minimum atomic E-state index is -5.23. The zero-order chi connectivity index (χ0) is 20.5. The summed E-state index contributed by atoms with van der Waals surface area (Å²) in [6.07, 6.45) is 0.745. The molecule has 0 radical (unpaired) electrons. The number of nitrogens with one attached hydrogen (secondary N) is 2. The Hall–Kier alpha value is -0.340. The highest BCUT2D eigenvalue weighted by Gasteiger charge is 2.50. The first-order valence-electron chi connectivity index (χ1n) is 9.46. The van der Waals surface area contributed by atoms with Crippen LogP contribution in [0, 0.1) is 5.92 Å². The summed E-state index contributed by atoms with van der Waals surface area (Å²) in [6, 6.07) is 0. The minimum Gasteiger partial charge on any atom is -0.357 e. The molecule has 0 unspecified atom stereocenters. The average molecular weight is 543 g/mol. The van der Waals surface area contributed by atoms with Gasteiger partial charge in [0.2, 0.25) is 0 Å². The molecule has 1 aliphatic rings. The van der Waals surface area contributed by atoms with E-state index in [1.54, 1.807) is 0 Å². The second kappa shape index (κ2) is 13.1. The van der Waals surface area contributed by atoms with E-state index in [0.29, 0.717) is 36.2 Å². The molecule has 1 rings (SSSR count). The van der Waals surface area contributed by atoms with E-state index >= 15 is 0 Å². The lowest BCUT2D eigenvalue weighted by atomic mass is 9.98. The molecule has 1 heterocycles. The maximum Gasteiger partial charge on any atom is 0.511 e. The van der Waals surface area contributed by atoms with Gasteiger partial charge in [-0.15, -0.1) is 24.0 Å². The molecule has 168 valence electrons. The number of halogens is 4. The fraction of sp³-hybridized carbons (Fsp3) is 0.938. The van der Waals surface area contributed by atoms with Crippen LogP contribution in [0.3, 0.4) is 0 Å². The Balaban J connectivity index is 0.00000729. The van der Waals surface area contributed by atoms with Gasteiger partial charge in [0, 0.05) is 39.3 Å². The van der Waals surface area contributed by atoms with Gasteiger partial charge in [-0.1, -0.05) is 13.8 Å². The molecular weight excluding hydrogens is 510 g/mol. The first kappa shape index (κ1) is 27.7. The highest BCUT2D eigenvalue weighted by Crippen LogP contribution is 2.30. The summed E-state index contributed by atoms with van der Waals surface area (Å²) >= 11 is 0. The highest BCUT2D eigenvalue weighted by atomic mass is 127. The Morgan fingerprint density at radius 2 is 1.71 bits per heavy atom. The molecule has 0 bridgehead atoms. The van der Waals surface area contributed by atoms with Crippen LogP contribution in [0.25, 0.3) is 0 Å². The maximum atomic E-state index is 12.6. The molecule has 0 aromatic rings. The number of guanidine groups is 1. The number of aliphatic imine (C=N–C) groups is 1. The molecule has 1 aliphatic heterocycles. The van der Waals surface area contributed by atoms with Crippen molar-refractivity contribution in [3.8, 4) is 0 Å². The summed E-state index contributed by atoms with van der Waals surface area (Å²) in [5.41, 5.74) is -5.23. The van der Waals surface area contributed by atoms with Crippen LogP contribution in [0.1, 0.15) is 33.6 Å². The third-order valence-electron chi connectivity index (χ3n) is 4.67. The second-order valence-corrected chi connectivity index (χ2v) is 8.40. The summed E-state index contributed by atoms with van der Waals surface area (Å²) in [5.74, 6) is 0.748. The van der Waals surface area contributed by atoms with Crippen LogP contribution in [-0.4, -0.2) is 81.4 Å². The SMILES string of the molecule is CCNC(=NCC1CCN(S(=O)(=O)C(F)(F)F)CC1)NCCN(CC)CC.I. The Labute approximate surface area is 183 Å². The molecule has 7 nitrogen and oxygen atoms in total. The van der Waals surface area contributed by atoms with E-state index in [-0.39, 0.29) is 43.0 Å². The van der Waals surface area contributed by atoms with Gasteiger partial charge in [0.25, 0.3) is 0 Å².